The van der Waals surface area contributed by atoms with Crippen molar-refractivity contribution >= 4 is 39.0 Å². The Morgan fingerprint density at radius 1 is 1.44 bits per heavy atom. The first kappa shape index (κ1) is 11.6. The molecule has 2 aromatic heterocycles. The molecule has 0 saturated carbocycles. The number of hydrogen-bond acceptors (Lipinski definition) is 5. The molecule has 1 aromatic carbocycles. The van der Waals surface area contributed by atoms with E-state index < -0.39 is 0 Å². The van der Waals surface area contributed by atoms with Gasteiger partial charge in [-0.3, -0.25) is 4.68 Å². The maximum atomic E-state index is 5.76. The van der Waals surface area contributed by atoms with Crippen molar-refractivity contribution in [1.82, 2.24) is 14.8 Å². The number of fused-ring (bicyclic) bond motifs is 1. The van der Waals surface area contributed by atoms with Gasteiger partial charge in [0.2, 0.25) is 0 Å². The van der Waals surface area contributed by atoms with Gasteiger partial charge in [0.05, 0.1) is 16.4 Å². The van der Waals surface area contributed by atoms with Crippen molar-refractivity contribution in [2.75, 3.05) is 5.73 Å². The lowest BCUT2D eigenvalue weighted by atomic mass is 10.3. The molecule has 2 N–H and O–H groups in total. The third-order valence-electron chi connectivity index (χ3n) is 2.51. The maximum Gasteiger partial charge on any atom is 0.151 e. The number of anilines is 1. The lowest BCUT2D eigenvalue weighted by molar-refractivity contribution is 0.767. The fourth-order valence-corrected chi connectivity index (χ4v) is 3.70. The van der Waals surface area contributed by atoms with Gasteiger partial charge in [-0.05, 0) is 18.2 Å². The summed E-state index contributed by atoms with van der Waals surface area (Å²) in [4.78, 5) is 4.57. The molecule has 0 atom stereocenters. The minimum absolute atomic E-state index is 0.787. The number of thioether (sulfide) groups is 1. The van der Waals surface area contributed by atoms with E-state index in [9.17, 15) is 0 Å². The molecule has 0 bridgehead atoms. The summed E-state index contributed by atoms with van der Waals surface area (Å²) in [5.41, 5.74) is 8.78. The van der Waals surface area contributed by atoms with Crippen LogP contribution in [0.4, 0.5) is 5.69 Å². The highest BCUT2D eigenvalue weighted by Gasteiger charge is 2.05. The summed E-state index contributed by atoms with van der Waals surface area (Å²) < 4.78 is 4.03. The second-order valence-corrected chi connectivity index (χ2v) is 6.27. The molecule has 0 aliphatic carbocycles. The molecule has 0 spiro atoms. The van der Waals surface area contributed by atoms with Crippen LogP contribution >= 0.6 is 23.1 Å². The van der Waals surface area contributed by atoms with Crippen LogP contribution in [0.5, 0.6) is 0 Å². The van der Waals surface area contributed by atoms with Gasteiger partial charge in [0, 0.05) is 30.2 Å². The van der Waals surface area contributed by atoms with Gasteiger partial charge in [-0.2, -0.15) is 5.10 Å². The van der Waals surface area contributed by atoms with Crippen molar-refractivity contribution in [3.8, 4) is 0 Å². The van der Waals surface area contributed by atoms with E-state index in [2.05, 4.69) is 10.1 Å². The van der Waals surface area contributed by atoms with Crippen LogP contribution in [0.1, 0.15) is 5.56 Å². The first-order chi connectivity index (χ1) is 8.70. The number of aromatic nitrogens is 3. The SMILES string of the molecule is Cn1cc(CSc2nc3ccc(N)cc3s2)cn1. The highest BCUT2D eigenvalue weighted by molar-refractivity contribution is 8.00. The monoisotopic (exact) mass is 276 g/mol. The number of aryl methyl sites for hydroxylation is 1. The van der Waals surface area contributed by atoms with Crippen LogP contribution < -0.4 is 5.73 Å². The zero-order valence-corrected chi connectivity index (χ0v) is 11.5. The highest BCUT2D eigenvalue weighted by Crippen LogP contribution is 2.32. The molecule has 0 amide bonds. The average molecular weight is 276 g/mol. The third-order valence-corrected chi connectivity index (χ3v) is 4.75. The van der Waals surface area contributed by atoms with Crippen molar-refractivity contribution in [3.63, 3.8) is 0 Å². The summed E-state index contributed by atoms with van der Waals surface area (Å²) in [7, 11) is 1.93. The minimum atomic E-state index is 0.787. The van der Waals surface area contributed by atoms with Crippen LogP contribution in [0.25, 0.3) is 10.2 Å². The van der Waals surface area contributed by atoms with Crippen molar-refractivity contribution < 1.29 is 0 Å². The minimum Gasteiger partial charge on any atom is -0.399 e. The smallest absolute Gasteiger partial charge is 0.151 e. The van der Waals surface area contributed by atoms with Gasteiger partial charge in [-0.25, -0.2) is 4.98 Å². The first-order valence-electron chi connectivity index (χ1n) is 5.47. The molecule has 0 radical (unpaired) electrons. The Kier molecular flexibility index (Phi) is 2.97. The number of rotatable bonds is 3. The number of nitrogens with zero attached hydrogens (tertiary/aromatic N) is 3. The van der Waals surface area contributed by atoms with E-state index in [0.717, 1.165) is 26.0 Å². The van der Waals surface area contributed by atoms with E-state index >= 15 is 0 Å². The number of nitrogen functional groups attached to an aromatic ring is 1. The van der Waals surface area contributed by atoms with E-state index in [-0.39, 0.29) is 0 Å². The molecular weight excluding hydrogens is 264 g/mol. The Morgan fingerprint density at radius 2 is 2.33 bits per heavy atom. The van der Waals surface area contributed by atoms with E-state index in [1.165, 1.54) is 5.56 Å². The Hall–Kier alpha value is -1.53. The lowest BCUT2D eigenvalue weighted by Crippen LogP contribution is -1.84. The van der Waals surface area contributed by atoms with Crippen LogP contribution in [0.2, 0.25) is 0 Å². The second-order valence-electron chi connectivity index (χ2n) is 4.02. The zero-order chi connectivity index (χ0) is 12.5. The summed E-state index contributed by atoms with van der Waals surface area (Å²) in [5, 5.41) is 4.15. The van der Waals surface area contributed by atoms with Crippen molar-refractivity contribution in [2.24, 2.45) is 7.05 Å². The number of hydrogen-bond donors (Lipinski definition) is 1. The summed E-state index contributed by atoms with van der Waals surface area (Å²) in [5.74, 6) is 0.892. The molecule has 3 rings (SSSR count). The van der Waals surface area contributed by atoms with Gasteiger partial charge < -0.3 is 5.73 Å². The molecule has 0 unspecified atom stereocenters. The summed E-state index contributed by atoms with van der Waals surface area (Å²) in [6.07, 6.45) is 3.91. The van der Waals surface area contributed by atoms with Gasteiger partial charge >= 0.3 is 0 Å². The molecule has 18 heavy (non-hydrogen) atoms. The predicted octanol–water partition coefficient (Wildman–Crippen LogP) is 2.90. The lowest BCUT2D eigenvalue weighted by Gasteiger charge is -1.92. The third kappa shape index (κ3) is 2.34. The predicted molar refractivity (Wildman–Crippen MR) is 76.8 cm³/mol. The fraction of sp³-hybridized carbons (Fsp3) is 0.167. The zero-order valence-electron chi connectivity index (χ0n) is 9.83. The van der Waals surface area contributed by atoms with Gasteiger partial charge in [-0.15, -0.1) is 11.3 Å². The molecule has 4 nitrogen and oxygen atoms in total. The van der Waals surface area contributed by atoms with Crippen molar-refractivity contribution in [1.29, 1.82) is 0 Å². The Bertz CT molecular complexity index is 686. The summed E-state index contributed by atoms with van der Waals surface area (Å²) in [6, 6.07) is 5.83. The summed E-state index contributed by atoms with van der Waals surface area (Å²) >= 11 is 3.41. The van der Waals surface area contributed by atoms with Gasteiger partial charge in [0.1, 0.15) is 0 Å². The fourth-order valence-electron chi connectivity index (χ4n) is 1.67. The highest BCUT2D eigenvalue weighted by atomic mass is 32.2. The second kappa shape index (κ2) is 4.62. The van der Waals surface area contributed by atoms with Crippen molar-refractivity contribution in [2.45, 2.75) is 10.1 Å². The van der Waals surface area contributed by atoms with E-state index in [0.29, 0.717) is 0 Å². The van der Waals surface area contributed by atoms with Crippen LogP contribution in [0, 0.1) is 0 Å². The average Bonchev–Trinajstić information content (AvgIpc) is 2.92. The molecule has 2 heterocycles. The standard InChI is InChI=1S/C12H12N4S2/c1-16-6-8(5-14-16)7-17-12-15-10-3-2-9(13)4-11(10)18-12/h2-6H,7,13H2,1H3. The van der Waals surface area contributed by atoms with Gasteiger partial charge in [0.15, 0.2) is 4.34 Å². The Labute approximate surface area is 113 Å². The van der Waals surface area contributed by atoms with E-state index in [4.69, 9.17) is 5.73 Å². The van der Waals surface area contributed by atoms with Crippen LogP contribution in [-0.4, -0.2) is 14.8 Å². The van der Waals surface area contributed by atoms with Crippen LogP contribution in [0.3, 0.4) is 0 Å². The molecule has 3 aromatic rings. The summed E-state index contributed by atoms with van der Waals surface area (Å²) in [6.45, 7) is 0. The molecule has 0 saturated heterocycles. The normalized spacial score (nSPS) is 11.2. The van der Waals surface area contributed by atoms with E-state index in [1.807, 2.05) is 42.3 Å². The molecular formula is C12H12N4S2. The quantitative estimate of drug-likeness (QED) is 0.590. The van der Waals surface area contributed by atoms with Crippen molar-refractivity contribution in [3.05, 3.63) is 36.2 Å². The Balaban J connectivity index is 1.78. The number of nitrogens with two attached hydrogens (primary N) is 1. The Morgan fingerprint density at radius 3 is 3.11 bits per heavy atom. The molecule has 0 aliphatic heterocycles. The molecule has 0 aliphatic rings. The number of thiazole rings is 1. The van der Waals surface area contributed by atoms with Gasteiger partial charge in [-0.1, -0.05) is 11.8 Å². The topological polar surface area (TPSA) is 56.7 Å². The molecule has 6 heteroatoms. The van der Waals surface area contributed by atoms with E-state index in [1.54, 1.807) is 23.1 Å². The van der Waals surface area contributed by atoms with Crippen LogP contribution in [0.15, 0.2) is 34.9 Å². The largest absolute Gasteiger partial charge is 0.399 e. The molecule has 92 valence electrons. The molecule has 0 fully saturated rings. The van der Waals surface area contributed by atoms with Gasteiger partial charge in [0.25, 0.3) is 0 Å². The number of benzene rings is 1. The maximum absolute atomic E-state index is 5.76. The van der Waals surface area contributed by atoms with Crippen LogP contribution in [-0.2, 0) is 12.8 Å². The first-order valence-corrected chi connectivity index (χ1v) is 7.27.